The van der Waals surface area contributed by atoms with Crippen LogP contribution in [0, 0.1) is 0 Å². The first kappa shape index (κ1) is 32.8. The highest BCUT2D eigenvalue weighted by atomic mass is 15.2. The Labute approximate surface area is 338 Å². The van der Waals surface area contributed by atoms with Crippen LogP contribution in [0.4, 0.5) is 34.1 Å². The summed E-state index contributed by atoms with van der Waals surface area (Å²) < 4.78 is 2.44. The lowest BCUT2D eigenvalue weighted by Gasteiger charge is -2.29. The van der Waals surface area contributed by atoms with E-state index in [2.05, 4.69) is 228 Å². The predicted molar refractivity (Wildman–Crippen MR) is 244 cm³/mol. The summed E-state index contributed by atoms with van der Waals surface area (Å²) in [5, 5.41) is 4.93. The molecule has 0 atom stereocenters. The molecular formula is C55H39N3. The van der Waals surface area contributed by atoms with E-state index in [1.807, 2.05) is 0 Å². The van der Waals surface area contributed by atoms with Crippen molar-refractivity contribution in [3.63, 3.8) is 0 Å². The summed E-state index contributed by atoms with van der Waals surface area (Å²) in [6.07, 6.45) is 0. The molecule has 0 radical (unpaired) electrons. The third kappa shape index (κ3) is 4.80. The van der Waals surface area contributed by atoms with Crippen LogP contribution in [-0.4, -0.2) is 4.57 Å². The Morgan fingerprint density at radius 2 is 0.897 bits per heavy atom. The van der Waals surface area contributed by atoms with Gasteiger partial charge in [0.05, 0.1) is 16.7 Å². The lowest BCUT2D eigenvalue weighted by molar-refractivity contribution is 0.660. The molecule has 2 heterocycles. The van der Waals surface area contributed by atoms with Crippen molar-refractivity contribution >= 4 is 66.7 Å². The number of anilines is 6. The van der Waals surface area contributed by atoms with Gasteiger partial charge in [0.2, 0.25) is 0 Å². The van der Waals surface area contributed by atoms with Crippen molar-refractivity contribution in [1.29, 1.82) is 0 Å². The first-order valence-corrected chi connectivity index (χ1v) is 20.2. The topological polar surface area (TPSA) is 11.4 Å². The van der Waals surface area contributed by atoms with E-state index in [1.165, 1.54) is 54.8 Å². The Morgan fingerprint density at radius 1 is 0.362 bits per heavy atom. The minimum absolute atomic E-state index is 0.159. The van der Waals surface area contributed by atoms with Gasteiger partial charge >= 0.3 is 0 Å². The fourth-order valence-corrected chi connectivity index (χ4v) is 9.89. The maximum atomic E-state index is 2.48. The van der Waals surface area contributed by atoms with Gasteiger partial charge in [0.25, 0.3) is 0 Å². The number of hydrogen-bond acceptors (Lipinski definition) is 2. The van der Waals surface area contributed by atoms with E-state index >= 15 is 0 Å². The zero-order chi connectivity index (χ0) is 38.5. The van der Waals surface area contributed by atoms with Crippen molar-refractivity contribution in [1.82, 2.24) is 4.57 Å². The molecular weight excluding hydrogens is 703 g/mol. The number of benzene rings is 9. The normalized spacial score (nSPS) is 13.8. The summed E-state index contributed by atoms with van der Waals surface area (Å²) in [4.78, 5) is 4.91. The minimum Gasteiger partial charge on any atom is -0.310 e. The van der Waals surface area contributed by atoms with E-state index in [0.717, 1.165) is 50.9 Å². The largest absolute Gasteiger partial charge is 0.310 e. The monoisotopic (exact) mass is 741 g/mol. The molecule has 0 unspecified atom stereocenters. The maximum absolute atomic E-state index is 2.48. The summed E-state index contributed by atoms with van der Waals surface area (Å²) in [5.41, 5.74) is 17.7. The van der Waals surface area contributed by atoms with Gasteiger partial charge in [-0.2, -0.15) is 0 Å². The average molecular weight is 742 g/mol. The van der Waals surface area contributed by atoms with E-state index in [1.54, 1.807) is 0 Å². The number of nitrogens with zero attached hydrogens (tertiary/aromatic N) is 3. The number of para-hydroxylation sites is 3. The second-order valence-electron chi connectivity index (χ2n) is 16.2. The molecule has 8 bridgehead atoms. The molecule has 3 nitrogen and oxygen atoms in total. The van der Waals surface area contributed by atoms with E-state index in [9.17, 15) is 0 Å². The molecule has 2 aliphatic rings. The van der Waals surface area contributed by atoms with Crippen LogP contribution in [0.1, 0.15) is 25.0 Å². The molecule has 0 saturated carbocycles. The van der Waals surface area contributed by atoms with Crippen molar-refractivity contribution in [3.05, 3.63) is 211 Å². The Bertz CT molecular complexity index is 3280. The predicted octanol–water partition coefficient (Wildman–Crippen LogP) is 15.2. The van der Waals surface area contributed by atoms with Gasteiger partial charge in [-0.15, -0.1) is 0 Å². The van der Waals surface area contributed by atoms with Crippen molar-refractivity contribution in [2.75, 3.05) is 9.80 Å². The Balaban J connectivity index is 1.16. The molecule has 0 spiro atoms. The van der Waals surface area contributed by atoms with Crippen molar-refractivity contribution in [3.8, 4) is 27.9 Å². The van der Waals surface area contributed by atoms with Gasteiger partial charge in [-0.3, -0.25) is 0 Å². The third-order valence-electron chi connectivity index (χ3n) is 12.6. The summed E-state index contributed by atoms with van der Waals surface area (Å²) in [6, 6.07) is 74.2. The van der Waals surface area contributed by atoms with Crippen LogP contribution in [-0.2, 0) is 5.41 Å². The Morgan fingerprint density at radius 3 is 1.64 bits per heavy atom. The fraction of sp³-hybridized carbons (Fsp3) is 0.0545. The molecule has 58 heavy (non-hydrogen) atoms. The SMILES string of the molecule is CC1(C)c2ccc3cc2-c2cc(ccc21)N(c1cccc2c4ccccc4n(-c4ccccc4)c12)c1cccc(c1)-c1cccc(c1)N3c1ccc2ccccc2c1. The average Bonchev–Trinajstić information content (AvgIpc) is 3.72. The zero-order valence-electron chi connectivity index (χ0n) is 32.4. The number of rotatable bonds is 3. The van der Waals surface area contributed by atoms with Crippen LogP contribution in [0.2, 0.25) is 0 Å². The molecule has 12 rings (SSSR count). The Kier molecular flexibility index (Phi) is 6.98. The second kappa shape index (κ2) is 12.3. The van der Waals surface area contributed by atoms with Gasteiger partial charge in [-0.1, -0.05) is 129 Å². The lowest BCUT2D eigenvalue weighted by Crippen LogP contribution is -2.16. The van der Waals surface area contributed by atoms with Gasteiger partial charge in [-0.25, -0.2) is 0 Å². The fourth-order valence-electron chi connectivity index (χ4n) is 9.89. The van der Waals surface area contributed by atoms with Gasteiger partial charge < -0.3 is 14.4 Å². The molecule has 0 amide bonds. The van der Waals surface area contributed by atoms with Gasteiger partial charge in [0.1, 0.15) is 0 Å². The van der Waals surface area contributed by atoms with E-state index in [0.29, 0.717) is 0 Å². The standard InChI is InChI=1S/C55H39N3/c1-55(2)50-29-27-44-34-48(50)49-35-45(28-30-51(49)55)57(53-24-12-22-47-46-21-8-9-23-52(46)58(54(47)53)40-17-4-3-5-18-40)42-20-11-16-39(33-42)38-15-10-19-41(32-38)56(44)43-26-25-36-13-6-7-14-37(36)31-43/h3-35H,1-2H3. The van der Waals surface area contributed by atoms with E-state index in [-0.39, 0.29) is 5.41 Å². The van der Waals surface area contributed by atoms with Crippen molar-refractivity contribution in [2.45, 2.75) is 19.3 Å². The highest BCUT2D eigenvalue weighted by molar-refractivity contribution is 6.14. The van der Waals surface area contributed by atoms with Crippen molar-refractivity contribution < 1.29 is 0 Å². The van der Waals surface area contributed by atoms with Crippen LogP contribution in [0.15, 0.2) is 200 Å². The summed E-state index contributed by atoms with van der Waals surface area (Å²) in [6.45, 7) is 4.74. The van der Waals surface area contributed by atoms with Crippen LogP contribution >= 0.6 is 0 Å². The molecule has 3 heteroatoms. The van der Waals surface area contributed by atoms with Crippen LogP contribution < -0.4 is 9.80 Å². The maximum Gasteiger partial charge on any atom is 0.0782 e. The number of aromatic nitrogens is 1. The van der Waals surface area contributed by atoms with E-state index in [4.69, 9.17) is 0 Å². The highest BCUT2D eigenvalue weighted by Crippen LogP contribution is 2.53. The summed E-state index contributed by atoms with van der Waals surface area (Å²) >= 11 is 0. The van der Waals surface area contributed by atoms with Crippen LogP contribution in [0.3, 0.4) is 0 Å². The molecule has 0 fully saturated rings. The molecule has 1 aliphatic heterocycles. The smallest absolute Gasteiger partial charge is 0.0782 e. The summed E-state index contributed by atoms with van der Waals surface area (Å²) in [7, 11) is 0. The minimum atomic E-state index is -0.159. The molecule has 274 valence electrons. The van der Waals surface area contributed by atoms with Crippen LogP contribution in [0.5, 0.6) is 0 Å². The molecule has 1 aliphatic carbocycles. The second-order valence-corrected chi connectivity index (χ2v) is 16.2. The highest BCUT2D eigenvalue weighted by Gasteiger charge is 2.37. The summed E-state index contributed by atoms with van der Waals surface area (Å²) in [5.74, 6) is 0. The molecule has 0 N–H and O–H groups in total. The van der Waals surface area contributed by atoms with Gasteiger partial charge in [0.15, 0.2) is 0 Å². The first-order chi connectivity index (χ1) is 28.5. The molecule has 9 aromatic carbocycles. The first-order valence-electron chi connectivity index (χ1n) is 20.2. The van der Waals surface area contributed by atoms with E-state index < -0.39 is 0 Å². The van der Waals surface area contributed by atoms with Gasteiger partial charge in [0, 0.05) is 50.3 Å². The molecule has 10 aromatic rings. The zero-order valence-corrected chi connectivity index (χ0v) is 32.4. The van der Waals surface area contributed by atoms with Crippen molar-refractivity contribution in [2.24, 2.45) is 0 Å². The molecule has 1 aromatic heterocycles. The molecule has 0 saturated heterocycles. The van der Waals surface area contributed by atoms with Gasteiger partial charge in [-0.05, 0) is 129 Å². The number of hydrogen-bond donors (Lipinski definition) is 0. The quantitative estimate of drug-likeness (QED) is 0.179. The lowest BCUT2D eigenvalue weighted by atomic mass is 9.82. The number of fused-ring (bicyclic) bond motifs is 11. The third-order valence-corrected chi connectivity index (χ3v) is 12.6. The Hall–Kier alpha value is -7.36. The van der Waals surface area contributed by atoms with Crippen LogP contribution in [0.25, 0.3) is 60.5 Å².